The fourth-order valence-corrected chi connectivity index (χ4v) is 3.97. The summed E-state index contributed by atoms with van der Waals surface area (Å²) in [6, 6.07) is 9.94. The summed E-state index contributed by atoms with van der Waals surface area (Å²) in [5.74, 6) is -0.648. The van der Waals surface area contributed by atoms with Crippen molar-refractivity contribution in [2.24, 2.45) is 11.3 Å². The minimum atomic E-state index is -1.25. The maximum atomic E-state index is 14.9. The summed E-state index contributed by atoms with van der Waals surface area (Å²) >= 11 is 5.36. The van der Waals surface area contributed by atoms with Gasteiger partial charge in [0.25, 0.3) is 0 Å². The lowest BCUT2D eigenvalue weighted by atomic mass is 9.87. The molecule has 1 aromatic carbocycles. The summed E-state index contributed by atoms with van der Waals surface area (Å²) in [6.45, 7) is 4.62. The lowest BCUT2D eigenvalue weighted by Crippen LogP contribution is -2.34. The Morgan fingerprint density at radius 3 is 2.65 bits per heavy atom. The lowest BCUT2D eigenvalue weighted by Gasteiger charge is -2.27. The topological polar surface area (TPSA) is 29.5 Å². The average molecular weight is 335 g/mol. The van der Waals surface area contributed by atoms with Crippen LogP contribution in [0.5, 0.6) is 0 Å². The highest BCUT2D eigenvalue weighted by Crippen LogP contribution is 2.57. The van der Waals surface area contributed by atoms with Crippen LogP contribution in [0.15, 0.2) is 30.3 Å². The summed E-state index contributed by atoms with van der Waals surface area (Å²) in [6.07, 6.45) is 0.156. The molecule has 1 aromatic rings. The number of likely N-dealkylation sites (tertiary alicyclic amines) is 1. The third-order valence-electron chi connectivity index (χ3n) is 5.20. The van der Waals surface area contributed by atoms with Crippen LogP contribution >= 0.6 is 12.2 Å². The molecule has 23 heavy (non-hydrogen) atoms. The molecule has 0 radical (unpaired) electrons. The normalized spacial score (nSPS) is 26.9. The standard InChI is InChI=1S/C18H22FNO2S/c1-3-22-17(21)18(9-10-18)14-11-20(16(23)15(14)19)12(2)13-7-5-4-6-8-13/h4-8,12,14-15H,3,9-11H2,1-2H3/t12-,14-,15+/m0/s1. The highest BCUT2D eigenvalue weighted by molar-refractivity contribution is 7.80. The van der Waals surface area contributed by atoms with Crippen molar-refractivity contribution in [3.05, 3.63) is 35.9 Å². The van der Waals surface area contributed by atoms with Crippen LogP contribution < -0.4 is 0 Å². The molecule has 0 N–H and O–H groups in total. The van der Waals surface area contributed by atoms with Crippen LogP contribution in [0.4, 0.5) is 4.39 Å². The van der Waals surface area contributed by atoms with Crippen molar-refractivity contribution in [3.63, 3.8) is 0 Å². The van der Waals surface area contributed by atoms with Crippen LogP contribution in [-0.2, 0) is 9.53 Å². The molecule has 3 rings (SSSR count). The van der Waals surface area contributed by atoms with Gasteiger partial charge < -0.3 is 9.64 Å². The second kappa shape index (κ2) is 6.19. The van der Waals surface area contributed by atoms with E-state index in [0.717, 1.165) is 5.56 Å². The molecule has 1 aliphatic carbocycles. The Labute approximate surface area is 141 Å². The van der Waals surface area contributed by atoms with Crippen molar-refractivity contribution in [3.8, 4) is 0 Å². The predicted octanol–water partition coefficient (Wildman–Crippen LogP) is 3.69. The summed E-state index contributed by atoms with van der Waals surface area (Å²) < 4.78 is 20.0. The quantitative estimate of drug-likeness (QED) is 0.606. The van der Waals surface area contributed by atoms with Gasteiger partial charge in [0.15, 0.2) is 6.17 Å². The van der Waals surface area contributed by atoms with Crippen molar-refractivity contribution < 1.29 is 13.9 Å². The number of halogens is 1. The SMILES string of the molecule is CCOC(=O)C1([C@H]2CN([C@@H](C)c3ccccc3)C(=S)[C@@H]2F)CC1. The van der Waals surface area contributed by atoms with Gasteiger partial charge in [0.05, 0.1) is 18.1 Å². The highest BCUT2D eigenvalue weighted by atomic mass is 32.1. The summed E-state index contributed by atoms with van der Waals surface area (Å²) in [5, 5.41) is 0. The summed E-state index contributed by atoms with van der Waals surface area (Å²) in [7, 11) is 0. The lowest BCUT2D eigenvalue weighted by molar-refractivity contribution is -0.152. The molecule has 2 aliphatic rings. The van der Waals surface area contributed by atoms with Crippen LogP contribution in [-0.4, -0.2) is 35.2 Å². The summed E-state index contributed by atoms with van der Waals surface area (Å²) in [4.78, 5) is 14.5. The van der Waals surface area contributed by atoms with Gasteiger partial charge in [-0.25, -0.2) is 4.39 Å². The van der Waals surface area contributed by atoms with Crippen LogP contribution in [0, 0.1) is 11.3 Å². The number of esters is 1. The number of hydrogen-bond donors (Lipinski definition) is 0. The van der Waals surface area contributed by atoms with E-state index in [1.165, 1.54) is 0 Å². The van der Waals surface area contributed by atoms with E-state index in [2.05, 4.69) is 0 Å². The molecule has 0 aromatic heterocycles. The van der Waals surface area contributed by atoms with Crippen molar-refractivity contribution in [1.82, 2.24) is 4.90 Å². The molecule has 0 amide bonds. The first-order valence-corrected chi connectivity index (χ1v) is 8.59. The maximum Gasteiger partial charge on any atom is 0.312 e. The average Bonchev–Trinajstić information content (AvgIpc) is 3.31. The van der Waals surface area contributed by atoms with Gasteiger partial charge in [-0.15, -0.1) is 0 Å². The Morgan fingerprint density at radius 2 is 2.09 bits per heavy atom. The smallest absolute Gasteiger partial charge is 0.312 e. The number of carbonyl (C=O) groups is 1. The van der Waals surface area contributed by atoms with Gasteiger partial charge in [-0.1, -0.05) is 42.5 Å². The van der Waals surface area contributed by atoms with Crippen LogP contribution in [0.3, 0.4) is 0 Å². The van der Waals surface area contributed by atoms with E-state index < -0.39 is 11.6 Å². The largest absolute Gasteiger partial charge is 0.466 e. The molecule has 1 saturated heterocycles. The van der Waals surface area contributed by atoms with E-state index in [9.17, 15) is 9.18 Å². The first-order chi connectivity index (χ1) is 11.0. The zero-order valence-electron chi connectivity index (χ0n) is 13.5. The molecule has 1 heterocycles. The number of hydrogen-bond acceptors (Lipinski definition) is 3. The van der Waals surface area contributed by atoms with E-state index in [4.69, 9.17) is 17.0 Å². The molecule has 0 spiro atoms. The first-order valence-electron chi connectivity index (χ1n) is 8.18. The highest BCUT2D eigenvalue weighted by Gasteiger charge is 2.62. The molecule has 1 aliphatic heterocycles. The first kappa shape index (κ1) is 16.4. The van der Waals surface area contributed by atoms with Gasteiger partial charge in [-0.2, -0.15) is 0 Å². The fourth-order valence-electron chi connectivity index (χ4n) is 3.58. The van der Waals surface area contributed by atoms with Crippen molar-refractivity contribution in [2.75, 3.05) is 13.2 Å². The number of ether oxygens (including phenoxy) is 1. The third-order valence-corrected chi connectivity index (χ3v) is 5.66. The van der Waals surface area contributed by atoms with Crippen molar-refractivity contribution in [1.29, 1.82) is 0 Å². The van der Waals surface area contributed by atoms with E-state index >= 15 is 0 Å². The van der Waals surface area contributed by atoms with Crippen LogP contribution in [0.25, 0.3) is 0 Å². The predicted molar refractivity (Wildman–Crippen MR) is 90.8 cm³/mol. The van der Waals surface area contributed by atoms with Gasteiger partial charge in [0.1, 0.15) is 4.99 Å². The molecule has 0 unspecified atom stereocenters. The van der Waals surface area contributed by atoms with Crippen molar-refractivity contribution in [2.45, 2.75) is 38.9 Å². The molecular weight excluding hydrogens is 313 g/mol. The molecule has 3 nitrogen and oxygen atoms in total. The van der Waals surface area contributed by atoms with Gasteiger partial charge in [-0.3, -0.25) is 4.79 Å². The number of rotatable bonds is 5. The number of alkyl halides is 1. The Morgan fingerprint density at radius 1 is 1.43 bits per heavy atom. The molecule has 124 valence electrons. The van der Waals surface area contributed by atoms with Gasteiger partial charge in [0, 0.05) is 12.5 Å². The minimum Gasteiger partial charge on any atom is -0.466 e. The molecule has 2 fully saturated rings. The Bertz CT molecular complexity index is 602. The van der Waals surface area contributed by atoms with Gasteiger partial charge in [-0.05, 0) is 32.3 Å². The van der Waals surface area contributed by atoms with E-state index in [-0.39, 0.29) is 17.9 Å². The number of carbonyl (C=O) groups excluding carboxylic acids is 1. The Kier molecular flexibility index (Phi) is 4.41. The van der Waals surface area contributed by atoms with Gasteiger partial charge >= 0.3 is 5.97 Å². The molecule has 3 atom stereocenters. The van der Waals surface area contributed by atoms with E-state index in [1.807, 2.05) is 42.2 Å². The van der Waals surface area contributed by atoms with Gasteiger partial charge in [0.2, 0.25) is 0 Å². The Balaban J connectivity index is 1.79. The molecular formula is C18H22FNO2S. The monoisotopic (exact) mass is 335 g/mol. The summed E-state index contributed by atoms with van der Waals surface area (Å²) in [5.41, 5.74) is 0.439. The van der Waals surface area contributed by atoms with Crippen LogP contribution in [0.1, 0.15) is 38.3 Å². The Hall–Kier alpha value is -1.49. The second-order valence-electron chi connectivity index (χ2n) is 6.46. The minimum absolute atomic E-state index is 0.00458. The third kappa shape index (κ3) is 2.75. The molecule has 0 bridgehead atoms. The molecule has 5 heteroatoms. The van der Waals surface area contributed by atoms with Crippen LogP contribution in [0.2, 0.25) is 0 Å². The number of benzene rings is 1. The van der Waals surface area contributed by atoms with Crippen molar-refractivity contribution >= 4 is 23.2 Å². The number of thiocarbonyl (C=S) groups is 1. The molecule has 1 saturated carbocycles. The zero-order valence-corrected chi connectivity index (χ0v) is 14.3. The fraction of sp³-hybridized carbons (Fsp3) is 0.556. The zero-order chi connectivity index (χ0) is 16.6. The van der Waals surface area contributed by atoms with E-state index in [1.54, 1.807) is 6.92 Å². The van der Waals surface area contributed by atoms with E-state index in [0.29, 0.717) is 31.0 Å². The number of nitrogens with zero attached hydrogens (tertiary/aromatic N) is 1. The maximum absolute atomic E-state index is 14.9. The second-order valence-corrected chi connectivity index (χ2v) is 6.88.